The largest absolute Gasteiger partial charge is 0.356 e. The predicted molar refractivity (Wildman–Crippen MR) is 105 cm³/mol. The first-order chi connectivity index (χ1) is 12.1. The summed E-state index contributed by atoms with van der Waals surface area (Å²) in [7, 11) is 0. The number of hydrogen-bond acceptors (Lipinski definition) is 4. The summed E-state index contributed by atoms with van der Waals surface area (Å²) in [5.41, 5.74) is 0.841. The first-order valence-corrected chi connectivity index (χ1v) is 10.1. The number of thiazole rings is 1. The molecule has 1 aliphatic heterocycles. The third-order valence-corrected chi connectivity index (χ3v) is 6.00. The van der Waals surface area contributed by atoms with Crippen molar-refractivity contribution >= 4 is 45.6 Å². The number of benzene rings is 1. The topological polar surface area (TPSA) is 45.2 Å². The molecule has 1 amide bonds. The minimum absolute atomic E-state index is 0.0439. The van der Waals surface area contributed by atoms with Gasteiger partial charge in [-0.2, -0.15) is 0 Å². The number of nitrogens with one attached hydrogen (secondary N) is 1. The lowest BCUT2D eigenvalue weighted by molar-refractivity contribution is -0.121. The van der Waals surface area contributed by atoms with Gasteiger partial charge in [0.05, 0.1) is 0 Å². The average molecular weight is 398 g/mol. The highest BCUT2D eigenvalue weighted by Crippen LogP contribution is 2.26. The molecule has 1 aromatic carbocycles. The fourth-order valence-corrected chi connectivity index (χ4v) is 4.40. The van der Waals surface area contributed by atoms with Gasteiger partial charge in [0.1, 0.15) is 0 Å². The molecule has 1 unspecified atom stereocenters. The molecule has 1 atom stereocenters. The van der Waals surface area contributed by atoms with Gasteiger partial charge in [-0.05, 0) is 42.9 Å². The molecule has 0 aliphatic carbocycles. The molecule has 1 aromatic heterocycles. The van der Waals surface area contributed by atoms with Crippen LogP contribution in [0.1, 0.15) is 24.8 Å². The summed E-state index contributed by atoms with van der Waals surface area (Å²) < 4.78 is 0. The summed E-state index contributed by atoms with van der Waals surface area (Å²) in [5.74, 6) is 0.507. The van der Waals surface area contributed by atoms with Gasteiger partial charge >= 0.3 is 0 Å². The quantitative estimate of drug-likeness (QED) is 0.784. The molecule has 3 rings (SSSR count). The van der Waals surface area contributed by atoms with Gasteiger partial charge in [-0.15, -0.1) is 11.3 Å². The first-order valence-electron chi connectivity index (χ1n) is 8.47. The summed E-state index contributed by atoms with van der Waals surface area (Å²) in [6.07, 6.45) is 5.06. The molecular weight excluding hydrogens is 377 g/mol. The number of hydrogen-bond donors (Lipinski definition) is 1. The van der Waals surface area contributed by atoms with Crippen LogP contribution in [0.25, 0.3) is 0 Å². The zero-order valence-electron chi connectivity index (χ0n) is 13.9. The lowest BCUT2D eigenvalue weighted by atomic mass is 9.98. The minimum Gasteiger partial charge on any atom is -0.356 e. The Morgan fingerprint density at radius 1 is 1.36 bits per heavy atom. The lowest BCUT2D eigenvalue weighted by Crippen LogP contribution is -2.41. The predicted octanol–water partition coefficient (Wildman–Crippen LogP) is 4.42. The molecule has 0 radical (unpaired) electrons. The van der Waals surface area contributed by atoms with Gasteiger partial charge in [-0.3, -0.25) is 4.79 Å². The maximum Gasteiger partial charge on any atom is 0.220 e. The van der Waals surface area contributed by atoms with Crippen LogP contribution in [0.2, 0.25) is 10.0 Å². The fourth-order valence-electron chi connectivity index (χ4n) is 3.13. The van der Waals surface area contributed by atoms with Crippen LogP contribution in [0.5, 0.6) is 0 Å². The second-order valence-electron chi connectivity index (χ2n) is 6.27. The van der Waals surface area contributed by atoms with E-state index in [-0.39, 0.29) is 5.91 Å². The van der Waals surface area contributed by atoms with Crippen molar-refractivity contribution in [1.29, 1.82) is 0 Å². The molecule has 0 bridgehead atoms. The molecule has 1 fully saturated rings. The number of rotatable bonds is 6. The molecule has 1 saturated heterocycles. The summed E-state index contributed by atoms with van der Waals surface area (Å²) >= 11 is 14.0. The van der Waals surface area contributed by atoms with Gasteiger partial charge < -0.3 is 10.2 Å². The number of nitrogens with zero attached hydrogens (tertiary/aromatic N) is 2. The number of piperidine rings is 1. The van der Waals surface area contributed by atoms with Crippen molar-refractivity contribution in [3.05, 3.63) is 45.4 Å². The number of anilines is 1. The highest BCUT2D eigenvalue weighted by atomic mass is 35.5. The van der Waals surface area contributed by atoms with Gasteiger partial charge in [0.15, 0.2) is 5.13 Å². The number of carbonyl (C=O) groups excluding carboxylic acids is 1. The molecule has 25 heavy (non-hydrogen) atoms. The van der Waals surface area contributed by atoms with E-state index in [0.717, 1.165) is 36.6 Å². The zero-order chi connectivity index (χ0) is 17.6. The summed E-state index contributed by atoms with van der Waals surface area (Å²) in [5, 5.41) is 7.37. The number of amides is 1. The molecular formula is C18H21Cl2N3OS. The Morgan fingerprint density at radius 3 is 2.88 bits per heavy atom. The molecule has 7 heteroatoms. The first kappa shape index (κ1) is 18.5. The van der Waals surface area contributed by atoms with Crippen LogP contribution in [-0.2, 0) is 11.2 Å². The third-order valence-electron chi connectivity index (χ3n) is 4.46. The second kappa shape index (κ2) is 8.88. The molecule has 134 valence electrons. The molecule has 0 saturated carbocycles. The van der Waals surface area contributed by atoms with E-state index in [1.165, 1.54) is 0 Å². The van der Waals surface area contributed by atoms with Crippen molar-refractivity contribution in [2.24, 2.45) is 5.92 Å². The third kappa shape index (κ3) is 5.09. The van der Waals surface area contributed by atoms with Crippen LogP contribution in [0.4, 0.5) is 5.13 Å². The Balaban J connectivity index is 1.44. The van der Waals surface area contributed by atoms with Crippen LogP contribution < -0.4 is 10.2 Å². The van der Waals surface area contributed by atoms with Crippen LogP contribution in [0, 0.1) is 5.92 Å². The molecule has 2 heterocycles. The van der Waals surface area contributed by atoms with E-state index in [1.54, 1.807) is 23.5 Å². The lowest BCUT2D eigenvalue weighted by Gasteiger charge is -2.32. The fraction of sp³-hybridized carbons (Fsp3) is 0.444. The van der Waals surface area contributed by atoms with Crippen LogP contribution in [0.3, 0.4) is 0 Å². The van der Waals surface area contributed by atoms with E-state index in [1.807, 2.05) is 17.6 Å². The van der Waals surface area contributed by atoms with E-state index >= 15 is 0 Å². The highest BCUT2D eigenvalue weighted by Gasteiger charge is 2.22. The SMILES string of the molecule is O=C(CCc1c(Cl)cccc1Cl)NCC1CCCN(c2nccs2)C1. The Morgan fingerprint density at radius 2 is 2.16 bits per heavy atom. The van der Waals surface area contributed by atoms with E-state index in [0.29, 0.717) is 35.3 Å². The zero-order valence-corrected chi connectivity index (χ0v) is 16.2. The number of halogens is 2. The van der Waals surface area contributed by atoms with E-state index < -0.39 is 0 Å². The Bertz CT molecular complexity index is 688. The van der Waals surface area contributed by atoms with Crippen molar-refractivity contribution in [2.75, 3.05) is 24.5 Å². The Kier molecular flexibility index (Phi) is 6.57. The monoisotopic (exact) mass is 397 g/mol. The van der Waals surface area contributed by atoms with Crippen molar-refractivity contribution in [3.63, 3.8) is 0 Å². The second-order valence-corrected chi connectivity index (χ2v) is 7.96. The number of carbonyl (C=O) groups is 1. The van der Waals surface area contributed by atoms with Crippen LogP contribution in [0.15, 0.2) is 29.8 Å². The summed E-state index contributed by atoms with van der Waals surface area (Å²) in [4.78, 5) is 18.9. The summed E-state index contributed by atoms with van der Waals surface area (Å²) in [6.45, 7) is 2.70. The Labute approximate surface area is 162 Å². The minimum atomic E-state index is 0.0439. The average Bonchev–Trinajstić information content (AvgIpc) is 3.14. The maximum atomic E-state index is 12.2. The maximum absolute atomic E-state index is 12.2. The smallest absolute Gasteiger partial charge is 0.220 e. The van der Waals surface area contributed by atoms with Crippen molar-refractivity contribution < 1.29 is 4.79 Å². The van der Waals surface area contributed by atoms with Crippen molar-refractivity contribution in [2.45, 2.75) is 25.7 Å². The van der Waals surface area contributed by atoms with Crippen molar-refractivity contribution in [3.8, 4) is 0 Å². The highest BCUT2D eigenvalue weighted by molar-refractivity contribution is 7.13. The Hall–Kier alpha value is -1.30. The van der Waals surface area contributed by atoms with Crippen molar-refractivity contribution in [1.82, 2.24) is 10.3 Å². The molecule has 1 aliphatic rings. The van der Waals surface area contributed by atoms with Gasteiger partial charge in [0.2, 0.25) is 5.91 Å². The van der Waals surface area contributed by atoms with E-state index in [2.05, 4.69) is 15.2 Å². The van der Waals surface area contributed by atoms with Gasteiger partial charge in [0, 0.05) is 47.7 Å². The van der Waals surface area contributed by atoms with Crippen LogP contribution >= 0.6 is 34.5 Å². The molecule has 0 spiro atoms. The number of aromatic nitrogens is 1. The molecule has 2 aromatic rings. The van der Waals surface area contributed by atoms with Crippen LogP contribution in [-0.4, -0.2) is 30.5 Å². The standard InChI is InChI=1S/C18H21Cl2N3OS/c19-15-4-1-5-16(20)14(15)6-7-17(24)22-11-13-3-2-9-23(12-13)18-21-8-10-25-18/h1,4-5,8,10,13H,2-3,6-7,9,11-12H2,(H,22,24). The normalized spacial score (nSPS) is 17.5. The summed E-state index contributed by atoms with van der Waals surface area (Å²) in [6, 6.07) is 5.41. The molecule has 4 nitrogen and oxygen atoms in total. The van der Waals surface area contributed by atoms with Gasteiger partial charge in [0.25, 0.3) is 0 Å². The molecule has 1 N–H and O–H groups in total. The van der Waals surface area contributed by atoms with Gasteiger partial charge in [-0.25, -0.2) is 4.98 Å². The van der Waals surface area contributed by atoms with E-state index in [4.69, 9.17) is 23.2 Å². The van der Waals surface area contributed by atoms with E-state index in [9.17, 15) is 4.79 Å². The van der Waals surface area contributed by atoms with Gasteiger partial charge in [-0.1, -0.05) is 29.3 Å².